The number of rotatable bonds is 11. The summed E-state index contributed by atoms with van der Waals surface area (Å²) in [5, 5.41) is 21.4. The summed E-state index contributed by atoms with van der Waals surface area (Å²) in [6, 6.07) is 22.9. The van der Waals surface area contributed by atoms with Gasteiger partial charge in [0.2, 0.25) is 0 Å². The number of aryl methyl sites for hydroxylation is 4. The Morgan fingerprint density at radius 1 is 0.447 bits per heavy atom. The Labute approximate surface area is 224 Å². The van der Waals surface area contributed by atoms with Gasteiger partial charge in [-0.2, -0.15) is 0 Å². The molecule has 0 amide bonds. The molecule has 0 heterocycles. The Morgan fingerprint density at radius 3 is 1.08 bits per heavy atom. The van der Waals surface area contributed by atoms with Gasteiger partial charge < -0.3 is 29.2 Å². The first-order chi connectivity index (χ1) is 18.4. The van der Waals surface area contributed by atoms with Gasteiger partial charge in [0.05, 0.1) is 28.4 Å². The molecule has 4 aromatic rings. The third kappa shape index (κ3) is 6.51. The van der Waals surface area contributed by atoms with Gasteiger partial charge in [-0.3, -0.25) is 0 Å². The minimum absolute atomic E-state index is 0.230. The molecule has 0 aromatic heterocycles. The number of ether oxygens (including phenoxy) is 4. The van der Waals surface area contributed by atoms with Gasteiger partial charge in [-0.15, -0.1) is 0 Å². The number of hydrogen-bond donors (Lipinski definition) is 2. The first-order valence-electron chi connectivity index (χ1n) is 12.5. The molecular formula is C32H34O6. The smallest absolute Gasteiger partial charge is 0.122 e. The molecule has 0 saturated carbocycles. The van der Waals surface area contributed by atoms with Crippen LogP contribution in [0.2, 0.25) is 0 Å². The summed E-state index contributed by atoms with van der Waals surface area (Å²) in [4.78, 5) is 0. The zero-order chi connectivity index (χ0) is 27.1. The minimum atomic E-state index is 0.230. The first kappa shape index (κ1) is 26.7. The van der Waals surface area contributed by atoms with E-state index in [1.807, 2.05) is 60.7 Å². The van der Waals surface area contributed by atoms with Crippen LogP contribution in [0.3, 0.4) is 0 Å². The lowest BCUT2D eigenvalue weighted by atomic mass is 9.97. The molecule has 0 aliphatic heterocycles. The van der Waals surface area contributed by atoms with Crippen LogP contribution < -0.4 is 18.9 Å². The van der Waals surface area contributed by atoms with Gasteiger partial charge in [-0.1, -0.05) is 24.3 Å². The van der Waals surface area contributed by atoms with Crippen molar-refractivity contribution in [2.45, 2.75) is 25.7 Å². The van der Waals surface area contributed by atoms with Crippen LogP contribution in [0.25, 0.3) is 11.1 Å². The Kier molecular flexibility index (Phi) is 8.64. The molecule has 6 nitrogen and oxygen atoms in total. The van der Waals surface area contributed by atoms with Gasteiger partial charge in [0.1, 0.15) is 34.5 Å². The van der Waals surface area contributed by atoms with E-state index in [0.717, 1.165) is 69.2 Å². The number of benzene rings is 4. The lowest BCUT2D eigenvalue weighted by Crippen LogP contribution is -1.96. The SMILES string of the molecule is COc1cc(CCc2ccc(-c3ccc(CCc4cc(OC)cc(OC)c4)c(O)c3)cc2O)cc(OC)c1. The second kappa shape index (κ2) is 12.3. The van der Waals surface area contributed by atoms with Crippen LogP contribution in [0.15, 0.2) is 72.8 Å². The molecule has 0 spiro atoms. The number of phenolic OH excluding ortho intramolecular Hbond substituents is 2. The van der Waals surface area contributed by atoms with Gasteiger partial charge in [0.25, 0.3) is 0 Å². The Hall–Kier alpha value is -4.32. The third-order valence-electron chi connectivity index (χ3n) is 6.69. The van der Waals surface area contributed by atoms with E-state index in [2.05, 4.69) is 0 Å². The number of methoxy groups -OCH3 is 4. The topological polar surface area (TPSA) is 77.4 Å². The fraction of sp³-hybridized carbons (Fsp3) is 0.250. The van der Waals surface area contributed by atoms with Crippen molar-refractivity contribution in [3.8, 4) is 45.6 Å². The van der Waals surface area contributed by atoms with Crippen LogP contribution in [-0.4, -0.2) is 38.7 Å². The normalized spacial score (nSPS) is 10.7. The van der Waals surface area contributed by atoms with Crippen molar-refractivity contribution in [2.24, 2.45) is 0 Å². The summed E-state index contributed by atoms with van der Waals surface area (Å²) in [7, 11) is 6.52. The molecule has 6 heteroatoms. The molecule has 0 unspecified atom stereocenters. The molecule has 0 bridgehead atoms. The first-order valence-corrected chi connectivity index (χ1v) is 12.5. The fourth-order valence-electron chi connectivity index (χ4n) is 4.49. The predicted octanol–water partition coefficient (Wildman–Crippen LogP) is 6.37. The van der Waals surface area contributed by atoms with E-state index in [0.29, 0.717) is 12.8 Å². The average Bonchev–Trinajstić information content (AvgIpc) is 2.95. The summed E-state index contributed by atoms with van der Waals surface area (Å²) in [6.07, 6.45) is 2.80. The molecule has 0 saturated heterocycles. The second-order valence-electron chi connectivity index (χ2n) is 9.13. The highest BCUT2D eigenvalue weighted by atomic mass is 16.5. The van der Waals surface area contributed by atoms with E-state index >= 15 is 0 Å². The Bertz CT molecular complexity index is 1240. The van der Waals surface area contributed by atoms with Crippen molar-refractivity contribution < 1.29 is 29.2 Å². The van der Waals surface area contributed by atoms with E-state index in [-0.39, 0.29) is 11.5 Å². The maximum absolute atomic E-state index is 10.7. The molecule has 2 N–H and O–H groups in total. The van der Waals surface area contributed by atoms with Gasteiger partial charge in [0.15, 0.2) is 0 Å². The van der Waals surface area contributed by atoms with Crippen LogP contribution in [0.5, 0.6) is 34.5 Å². The predicted molar refractivity (Wildman–Crippen MR) is 149 cm³/mol. The fourth-order valence-corrected chi connectivity index (χ4v) is 4.49. The highest BCUT2D eigenvalue weighted by Crippen LogP contribution is 2.32. The monoisotopic (exact) mass is 514 g/mol. The highest BCUT2D eigenvalue weighted by Gasteiger charge is 2.10. The summed E-state index contributed by atoms with van der Waals surface area (Å²) < 4.78 is 21.4. The van der Waals surface area contributed by atoms with Crippen molar-refractivity contribution in [3.05, 3.63) is 95.1 Å². The van der Waals surface area contributed by atoms with E-state index in [1.165, 1.54) is 0 Å². The van der Waals surface area contributed by atoms with E-state index in [9.17, 15) is 10.2 Å². The quantitative estimate of drug-likeness (QED) is 0.242. The number of hydrogen-bond acceptors (Lipinski definition) is 6. The number of phenols is 2. The van der Waals surface area contributed by atoms with Crippen molar-refractivity contribution in [1.29, 1.82) is 0 Å². The van der Waals surface area contributed by atoms with Gasteiger partial charge >= 0.3 is 0 Å². The molecule has 198 valence electrons. The van der Waals surface area contributed by atoms with E-state index in [1.54, 1.807) is 40.6 Å². The molecule has 4 aromatic carbocycles. The van der Waals surface area contributed by atoms with E-state index in [4.69, 9.17) is 18.9 Å². The number of aromatic hydroxyl groups is 2. The molecule has 0 radical (unpaired) electrons. The maximum Gasteiger partial charge on any atom is 0.122 e. The molecule has 0 aliphatic rings. The zero-order valence-corrected chi connectivity index (χ0v) is 22.3. The van der Waals surface area contributed by atoms with Crippen molar-refractivity contribution in [1.82, 2.24) is 0 Å². The molecule has 4 rings (SSSR count). The van der Waals surface area contributed by atoms with Crippen molar-refractivity contribution in [2.75, 3.05) is 28.4 Å². The van der Waals surface area contributed by atoms with Gasteiger partial charge in [-0.25, -0.2) is 0 Å². The lowest BCUT2D eigenvalue weighted by Gasteiger charge is -2.12. The largest absolute Gasteiger partial charge is 0.508 e. The lowest BCUT2D eigenvalue weighted by molar-refractivity contribution is 0.393. The zero-order valence-electron chi connectivity index (χ0n) is 22.3. The van der Waals surface area contributed by atoms with Crippen LogP contribution in [0.4, 0.5) is 0 Å². The molecule has 0 aliphatic carbocycles. The van der Waals surface area contributed by atoms with E-state index < -0.39 is 0 Å². The van der Waals surface area contributed by atoms with Crippen molar-refractivity contribution >= 4 is 0 Å². The third-order valence-corrected chi connectivity index (χ3v) is 6.69. The highest BCUT2D eigenvalue weighted by molar-refractivity contribution is 5.68. The van der Waals surface area contributed by atoms with Crippen LogP contribution in [0.1, 0.15) is 22.3 Å². The van der Waals surface area contributed by atoms with Gasteiger partial charge in [0, 0.05) is 12.1 Å². The summed E-state index contributed by atoms with van der Waals surface area (Å²) in [5.74, 6) is 3.42. The molecule has 0 fully saturated rings. The van der Waals surface area contributed by atoms with Crippen LogP contribution in [0, 0.1) is 0 Å². The van der Waals surface area contributed by atoms with Crippen LogP contribution in [-0.2, 0) is 25.7 Å². The Balaban J connectivity index is 1.43. The van der Waals surface area contributed by atoms with Crippen molar-refractivity contribution in [3.63, 3.8) is 0 Å². The summed E-state index contributed by atoms with van der Waals surface area (Å²) in [6.45, 7) is 0. The average molecular weight is 515 g/mol. The molecular weight excluding hydrogens is 480 g/mol. The summed E-state index contributed by atoms with van der Waals surface area (Å²) >= 11 is 0. The standard InChI is InChI=1S/C32H34O6/c1-35-27-13-21(14-28(19-27)36-2)5-7-23-9-11-25(17-31(23)33)26-12-10-24(32(34)18-26)8-6-22-15-29(37-3)20-30(16-22)38-4/h9-20,33-34H,5-8H2,1-4H3. The minimum Gasteiger partial charge on any atom is -0.508 e. The molecule has 38 heavy (non-hydrogen) atoms. The Morgan fingerprint density at radius 2 is 0.789 bits per heavy atom. The summed E-state index contributed by atoms with van der Waals surface area (Å²) in [5.41, 5.74) is 5.52. The van der Waals surface area contributed by atoms with Crippen LogP contribution >= 0.6 is 0 Å². The van der Waals surface area contributed by atoms with Gasteiger partial charge in [-0.05, 0) is 95.5 Å². The molecule has 0 atom stereocenters. The maximum atomic E-state index is 10.7. The second-order valence-corrected chi connectivity index (χ2v) is 9.13.